The lowest BCUT2D eigenvalue weighted by molar-refractivity contribution is -0.138. The number of carboxylic acids is 1. The molecule has 0 unspecified atom stereocenters. The molecule has 0 radical (unpaired) electrons. The van der Waals surface area contributed by atoms with E-state index in [0.717, 1.165) is 0 Å². The monoisotopic (exact) mass is 218 g/mol. The van der Waals surface area contributed by atoms with E-state index in [4.69, 9.17) is 5.11 Å². The molecule has 5 heteroatoms. The van der Waals surface area contributed by atoms with Gasteiger partial charge in [-0.15, -0.1) is 11.8 Å². The normalized spacial score (nSPS) is 10.4. The summed E-state index contributed by atoms with van der Waals surface area (Å²) in [4.78, 5) is 20.9. The molecule has 4 nitrogen and oxygen atoms in total. The van der Waals surface area contributed by atoms with Gasteiger partial charge >= 0.3 is 11.9 Å². The first-order valence-corrected chi connectivity index (χ1v) is 5.38. The van der Waals surface area contributed by atoms with E-state index in [9.17, 15) is 9.59 Å². The second-order valence-electron chi connectivity index (χ2n) is 2.42. The molecule has 1 N–H and O–H groups in total. The number of aliphatic carboxylic acids is 1. The number of carbonyl (C=O) groups is 2. The molecule has 0 bridgehead atoms. The fourth-order valence-corrected chi connectivity index (χ4v) is 1.32. The van der Waals surface area contributed by atoms with Gasteiger partial charge in [-0.1, -0.05) is 0 Å². The van der Waals surface area contributed by atoms with Crippen molar-refractivity contribution >= 4 is 23.7 Å². The van der Waals surface area contributed by atoms with Gasteiger partial charge in [-0.2, -0.15) is 0 Å². The van der Waals surface area contributed by atoms with E-state index >= 15 is 0 Å². The number of hydrogen-bond donors (Lipinski definition) is 1. The summed E-state index contributed by atoms with van der Waals surface area (Å²) < 4.78 is 4.65. The molecule has 80 valence electrons. The van der Waals surface area contributed by atoms with Crippen molar-refractivity contribution in [2.24, 2.45) is 0 Å². The number of carboxylic acid groups (broad SMARTS) is 1. The summed E-state index contributed by atoms with van der Waals surface area (Å²) in [6.07, 6.45) is 2.11. The Morgan fingerprint density at radius 1 is 1.50 bits per heavy atom. The third-order valence-electron chi connectivity index (χ3n) is 1.24. The molecule has 0 aromatic carbocycles. The lowest BCUT2D eigenvalue weighted by atomic mass is 10.3. The second kappa shape index (κ2) is 8.62. The number of carbonyl (C=O) groups excluding carboxylic acids is 1. The van der Waals surface area contributed by atoms with Crippen molar-refractivity contribution in [3.63, 3.8) is 0 Å². The zero-order valence-electron chi connectivity index (χ0n) is 8.06. The van der Waals surface area contributed by atoms with Crippen LogP contribution in [0, 0.1) is 0 Å². The van der Waals surface area contributed by atoms with Crippen LogP contribution < -0.4 is 0 Å². The quantitative estimate of drug-likeness (QED) is 0.400. The summed E-state index contributed by atoms with van der Waals surface area (Å²) in [5.74, 6) is -0.458. The minimum absolute atomic E-state index is 0.167. The third-order valence-corrected chi connectivity index (χ3v) is 2.09. The fraction of sp³-hybridized carbons (Fsp3) is 0.556. The Balaban J connectivity index is 3.35. The van der Waals surface area contributed by atoms with Gasteiger partial charge < -0.3 is 9.84 Å². The highest BCUT2D eigenvalue weighted by atomic mass is 32.2. The SMILES string of the molecule is CCOC(=O)C=CSCCCC(=O)O. The highest BCUT2D eigenvalue weighted by molar-refractivity contribution is 8.02. The molecule has 0 saturated carbocycles. The highest BCUT2D eigenvalue weighted by Crippen LogP contribution is 2.06. The van der Waals surface area contributed by atoms with Crippen molar-refractivity contribution in [2.45, 2.75) is 19.8 Å². The van der Waals surface area contributed by atoms with E-state index in [1.807, 2.05) is 0 Å². The van der Waals surface area contributed by atoms with Crippen LogP contribution in [-0.4, -0.2) is 29.4 Å². The predicted octanol–water partition coefficient (Wildman–Crippen LogP) is 1.66. The van der Waals surface area contributed by atoms with Gasteiger partial charge in [0, 0.05) is 12.5 Å². The number of ether oxygens (including phenoxy) is 1. The van der Waals surface area contributed by atoms with Crippen molar-refractivity contribution in [3.05, 3.63) is 11.5 Å². The number of rotatable bonds is 7. The van der Waals surface area contributed by atoms with Crippen LogP contribution in [-0.2, 0) is 14.3 Å². The molecule has 0 aromatic rings. The minimum Gasteiger partial charge on any atom is -0.481 e. The molecule has 0 aliphatic carbocycles. The summed E-state index contributed by atoms with van der Waals surface area (Å²) in [5, 5.41) is 9.95. The third kappa shape index (κ3) is 9.12. The van der Waals surface area contributed by atoms with Gasteiger partial charge in [-0.3, -0.25) is 4.79 Å². The Labute approximate surface area is 87.3 Å². The molecule has 0 saturated heterocycles. The zero-order valence-corrected chi connectivity index (χ0v) is 8.88. The maximum atomic E-state index is 10.8. The largest absolute Gasteiger partial charge is 0.481 e. The van der Waals surface area contributed by atoms with Gasteiger partial charge in [0.25, 0.3) is 0 Å². The summed E-state index contributed by atoms with van der Waals surface area (Å²) in [7, 11) is 0. The van der Waals surface area contributed by atoms with E-state index < -0.39 is 5.97 Å². The van der Waals surface area contributed by atoms with Gasteiger partial charge in [-0.05, 0) is 24.5 Å². The molecule has 0 heterocycles. The summed E-state index contributed by atoms with van der Waals surface area (Å²) >= 11 is 1.40. The maximum absolute atomic E-state index is 10.8. The van der Waals surface area contributed by atoms with Crippen LogP contribution in [0.15, 0.2) is 11.5 Å². The molecule has 14 heavy (non-hydrogen) atoms. The van der Waals surface area contributed by atoms with Crippen LogP contribution in [0.3, 0.4) is 0 Å². The topological polar surface area (TPSA) is 63.6 Å². The first-order chi connectivity index (χ1) is 6.66. The van der Waals surface area contributed by atoms with Crippen molar-refractivity contribution in [1.82, 2.24) is 0 Å². The molecule has 0 fully saturated rings. The standard InChI is InChI=1S/C9H14O4S/c1-2-13-9(12)5-7-14-6-3-4-8(10)11/h5,7H,2-4,6H2,1H3,(H,10,11). The molecule has 0 aromatic heterocycles. The van der Waals surface area contributed by atoms with Gasteiger partial charge in [0.1, 0.15) is 0 Å². The van der Waals surface area contributed by atoms with Gasteiger partial charge in [0.2, 0.25) is 0 Å². The fourth-order valence-electron chi connectivity index (χ4n) is 0.669. The Hall–Kier alpha value is -0.970. The second-order valence-corrected chi connectivity index (χ2v) is 3.44. The van der Waals surface area contributed by atoms with Crippen LogP contribution in [0.4, 0.5) is 0 Å². The number of esters is 1. The van der Waals surface area contributed by atoms with E-state index in [1.165, 1.54) is 17.8 Å². The molecule has 0 atom stereocenters. The molecular formula is C9H14O4S. The van der Waals surface area contributed by atoms with Crippen LogP contribution in [0.1, 0.15) is 19.8 Å². The Morgan fingerprint density at radius 2 is 2.21 bits per heavy atom. The van der Waals surface area contributed by atoms with Gasteiger partial charge in [0.05, 0.1) is 6.61 Å². The Bertz CT molecular complexity index is 213. The summed E-state index contributed by atoms with van der Waals surface area (Å²) in [6.45, 7) is 2.11. The lowest BCUT2D eigenvalue weighted by Crippen LogP contribution is -1.98. The molecule has 0 aliphatic rings. The summed E-state index contributed by atoms with van der Waals surface area (Å²) in [6, 6.07) is 0. The lowest BCUT2D eigenvalue weighted by Gasteiger charge is -1.95. The average Bonchev–Trinajstić information content (AvgIpc) is 2.11. The van der Waals surface area contributed by atoms with E-state index in [-0.39, 0.29) is 12.4 Å². The molecule has 0 aliphatic heterocycles. The number of thioether (sulfide) groups is 1. The average molecular weight is 218 g/mol. The Morgan fingerprint density at radius 3 is 2.79 bits per heavy atom. The Kier molecular flexibility index (Phi) is 8.02. The van der Waals surface area contributed by atoms with Crippen LogP contribution in [0.2, 0.25) is 0 Å². The van der Waals surface area contributed by atoms with E-state index in [1.54, 1.807) is 12.3 Å². The van der Waals surface area contributed by atoms with Gasteiger partial charge in [0.15, 0.2) is 0 Å². The van der Waals surface area contributed by atoms with Crippen LogP contribution in [0.25, 0.3) is 0 Å². The van der Waals surface area contributed by atoms with Crippen LogP contribution >= 0.6 is 11.8 Å². The van der Waals surface area contributed by atoms with E-state index in [0.29, 0.717) is 18.8 Å². The highest BCUT2D eigenvalue weighted by Gasteiger charge is 1.95. The smallest absolute Gasteiger partial charge is 0.331 e. The molecule has 0 spiro atoms. The predicted molar refractivity (Wildman–Crippen MR) is 55.1 cm³/mol. The van der Waals surface area contributed by atoms with Crippen molar-refractivity contribution < 1.29 is 19.4 Å². The molecule has 0 rings (SSSR count). The first-order valence-electron chi connectivity index (χ1n) is 4.33. The van der Waals surface area contributed by atoms with E-state index in [2.05, 4.69) is 4.74 Å². The zero-order chi connectivity index (χ0) is 10.8. The van der Waals surface area contributed by atoms with Crippen molar-refractivity contribution in [2.75, 3.05) is 12.4 Å². The van der Waals surface area contributed by atoms with Crippen molar-refractivity contribution in [1.29, 1.82) is 0 Å². The molecular weight excluding hydrogens is 204 g/mol. The molecule has 0 amide bonds. The first kappa shape index (κ1) is 13.0. The number of hydrogen-bond acceptors (Lipinski definition) is 4. The van der Waals surface area contributed by atoms with Crippen molar-refractivity contribution in [3.8, 4) is 0 Å². The van der Waals surface area contributed by atoms with Crippen LogP contribution in [0.5, 0.6) is 0 Å². The summed E-state index contributed by atoms with van der Waals surface area (Å²) in [5.41, 5.74) is 0. The minimum atomic E-state index is -0.792. The maximum Gasteiger partial charge on any atom is 0.331 e. The van der Waals surface area contributed by atoms with Gasteiger partial charge in [-0.25, -0.2) is 4.79 Å².